The van der Waals surface area contributed by atoms with Gasteiger partial charge in [0.2, 0.25) is 0 Å². The fraction of sp³-hybridized carbons (Fsp3) is 0.0833. The molecule has 3 aromatic carbocycles. The molecule has 0 aromatic heterocycles. The van der Waals surface area contributed by atoms with E-state index in [4.69, 9.17) is 25.8 Å². The van der Waals surface area contributed by atoms with E-state index >= 15 is 0 Å². The summed E-state index contributed by atoms with van der Waals surface area (Å²) >= 11 is 6.06. The van der Waals surface area contributed by atoms with Crippen molar-refractivity contribution in [2.24, 2.45) is 0 Å². The van der Waals surface area contributed by atoms with Crippen molar-refractivity contribution in [3.05, 3.63) is 101 Å². The van der Waals surface area contributed by atoms with Gasteiger partial charge in [-0.25, -0.2) is 0 Å². The minimum Gasteiger partial charge on any atom is -0.497 e. The van der Waals surface area contributed by atoms with Gasteiger partial charge in [-0.2, -0.15) is 0 Å². The zero-order valence-corrected chi connectivity index (χ0v) is 16.9. The molecule has 0 amide bonds. The average Bonchev–Trinajstić information content (AvgIpc) is 2.79. The van der Waals surface area contributed by atoms with Gasteiger partial charge in [-0.15, -0.1) is 0 Å². The Labute approximate surface area is 175 Å². The molecule has 0 unspecified atom stereocenters. The maximum absolute atomic E-state index is 6.25. The van der Waals surface area contributed by atoms with Crippen molar-refractivity contribution >= 4 is 28.8 Å². The van der Waals surface area contributed by atoms with Crippen molar-refractivity contribution in [1.29, 1.82) is 0 Å². The molecule has 1 aliphatic rings. The lowest BCUT2D eigenvalue weighted by Gasteiger charge is -2.26. The van der Waals surface area contributed by atoms with E-state index in [1.807, 2.05) is 90.1 Å². The molecule has 29 heavy (non-hydrogen) atoms. The first-order chi connectivity index (χ1) is 14.2. The number of ether oxygens (including phenoxy) is 3. The fourth-order valence-corrected chi connectivity index (χ4v) is 3.13. The standard InChI is InChI=1S/C24H20ClNO3/c1-27-21-11-3-17(4-12-21)23-15-26(20-9-7-19(25)8-10-20)16-24(29-23)18-5-13-22(28-2)14-6-18/h3-16H,1-2H3. The second kappa shape index (κ2) is 8.33. The number of nitrogens with zero attached hydrogens (tertiary/aromatic N) is 1. The molecule has 146 valence electrons. The Morgan fingerprint density at radius 2 is 1.10 bits per heavy atom. The number of methoxy groups -OCH3 is 2. The minimum absolute atomic E-state index is 0.695. The summed E-state index contributed by atoms with van der Waals surface area (Å²) in [7, 11) is 3.30. The lowest BCUT2D eigenvalue weighted by Crippen LogP contribution is -2.15. The van der Waals surface area contributed by atoms with Crippen LogP contribution in [-0.4, -0.2) is 14.2 Å². The van der Waals surface area contributed by atoms with Gasteiger partial charge in [-0.3, -0.25) is 0 Å². The van der Waals surface area contributed by atoms with Crippen molar-refractivity contribution < 1.29 is 14.2 Å². The number of rotatable bonds is 5. The minimum atomic E-state index is 0.695. The largest absolute Gasteiger partial charge is 0.497 e. The quantitative estimate of drug-likeness (QED) is 0.506. The van der Waals surface area contributed by atoms with E-state index in [2.05, 4.69) is 0 Å². The molecule has 0 bridgehead atoms. The van der Waals surface area contributed by atoms with Crippen molar-refractivity contribution in [3.63, 3.8) is 0 Å². The van der Waals surface area contributed by atoms with Crippen LogP contribution in [0.2, 0.25) is 5.02 Å². The number of benzene rings is 3. The highest BCUT2D eigenvalue weighted by Crippen LogP contribution is 2.34. The molecule has 4 rings (SSSR count). The molecule has 0 radical (unpaired) electrons. The SMILES string of the molecule is COc1ccc(C2=CN(c3ccc(Cl)cc3)C=C(c3ccc(OC)cc3)O2)cc1. The van der Waals surface area contributed by atoms with Crippen molar-refractivity contribution in [3.8, 4) is 11.5 Å². The predicted octanol–water partition coefficient (Wildman–Crippen LogP) is 6.19. The van der Waals surface area contributed by atoms with E-state index in [1.165, 1.54) is 0 Å². The number of hydrogen-bond acceptors (Lipinski definition) is 4. The Morgan fingerprint density at radius 3 is 1.52 bits per heavy atom. The summed E-state index contributed by atoms with van der Waals surface area (Å²) in [5, 5.41) is 0.695. The maximum Gasteiger partial charge on any atom is 0.151 e. The Hall–Kier alpha value is -3.37. The van der Waals surface area contributed by atoms with Crippen LogP contribution in [0.3, 0.4) is 0 Å². The molecule has 4 nitrogen and oxygen atoms in total. The van der Waals surface area contributed by atoms with Gasteiger partial charge in [0, 0.05) is 21.8 Å². The lowest BCUT2D eigenvalue weighted by atomic mass is 10.1. The third kappa shape index (κ3) is 4.23. The van der Waals surface area contributed by atoms with Gasteiger partial charge in [-0.05, 0) is 72.8 Å². The van der Waals surface area contributed by atoms with Gasteiger partial charge in [-0.1, -0.05) is 11.6 Å². The van der Waals surface area contributed by atoms with Crippen molar-refractivity contribution in [1.82, 2.24) is 0 Å². The van der Waals surface area contributed by atoms with E-state index in [0.717, 1.165) is 39.8 Å². The van der Waals surface area contributed by atoms with Gasteiger partial charge in [0.1, 0.15) is 11.5 Å². The van der Waals surface area contributed by atoms with Crippen molar-refractivity contribution in [2.75, 3.05) is 19.1 Å². The molecule has 1 heterocycles. The zero-order valence-electron chi connectivity index (χ0n) is 16.1. The van der Waals surface area contributed by atoms with Crippen LogP contribution in [0.5, 0.6) is 11.5 Å². The summed E-state index contributed by atoms with van der Waals surface area (Å²) in [4.78, 5) is 2.03. The first-order valence-electron chi connectivity index (χ1n) is 9.10. The van der Waals surface area contributed by atoms with Crippen LogP contribution < -0.4 is 14.4 Å². The Bertz CT molecular complexity index is 975. The van der Waals surface area contributed by atoms with Gasteiger partial charge < -0.3 is 19.1 Å². The Kier molecular flexibility index (Phi) is 5.45. The zero-order chi connectivity index (χ0) is 20.2. The number of halogens is 1. The van der Waals surface area contributed by atoms with Crippen molar-refractivity contribution in [2.45, 2.75) is 0 Å². The second-order valence-corrected chi connectivity index (χ2v) is 6.87. The van der Waals surface area contributed by atoms with Gasteiger partial charge in [0.05, 0.1) is 26.6 Å². The third-order valence-corrected chi connectivity index (χ3v) is 4.86. The fourth-order valence-electron chi connectivity index (χ4n) is 3.00. The summed E-state index contributed by atoms with van der Waals surface area (Å²) in [5.74, 6) is 3.06. The molecular formula is C24H20ClNO3. The van der Waals surface area contributed by atoms with Crippen LogP contribution in [0.4, 0.5) is 5.69 Å². The van der Waals surface area contributed by atoms with Crippen LogP contribution in [0.1, 0.15) is 11.1 Å². The molecular weight excluding hydrogens is 386 g/mol. The van der Waals surface area contributed by atoms with Gasteiger partial charge in [0.25, 0.3) is 0 Å². The second-order valence-electron chi connectivity index (χ2n) is 6.43. The summed E-state index contributed by atoms with van der Waals surface area (Å²) in [6, 6.07) is 23.2. The molecule has 0 spiro atoms. The molecule has 0 saturated heterocycles. The van der Waals surface area contributed by atoms with Crippen LogP contribution in [0, 0.1) is 0 Å². The normalized spacial score (nSPS) is 13.3. The molecule has 0 atom stereocenters. The summed E-state index contributed by atoms with van der Waals surface area (Å²) in [6.07, 6.45) is 3.91. The molecule has 5 heteroatoms. The average molecular weight is 406 g/mol. The van der Waals surface area contributed by atoms with Crippen LogP contribution >= 0.6 is 11.6 Å². The van der Waals surface area contributed by atoms with Crippen LogP contribution in [-0.2, 0) is 4.74 Å². The smallest absolute Gasteiger partial charge is 0.151 e. The van der Waals surface area contributed by atoms with Crippen LogP contribution in [0.15, 0.2) is 85.2 Å². The summed E-state index contributed by atoms with van der Waals surface area (Å²) in [6.45, 7) is 0. The molecule has 0 fully saturated rings. The summed E-state index contributed by atoms with van der Waals surface area (Å²) < 4.78 is 16.8. The van der Waals surface area contributed by atoms with E-state index in [-0.39, 0.29) is 0 Å². The molecule has 0 saturated carbocycles. The molecule has 3 aromatic rings. The lowest BCUT2D eigenvalue weighted by molar-refractivity contribution is 0.414. The maximum atomic E-state index is 6.25. The Balaban J connectivity index is 1.73. The van der Waals surface area contributed by atoms with E-state index in [9.17, 15) is 0 Å². The molecule has 0 aliphatic carbocycles. The van der Waals surface area contributed by atoms with Crippen LogP contribution in [0.25, 0.3) is 11.5 Å². The Morgan fingerprint density at radius 1 is 0.655 bits per heavy atom. The van der Waals surface area contributed by atoms with E-state index in [0.29, 0.717) is 5.02 Å². The monoisotopic (exact) mass is 405 g/mol. The van der Waals surface area contributed by atoms with E-state index in [1.54, 1.807) is 14.2 Å². The molecule has 1 aliphatic heterocycles. The third-order valence-electron chi connectivity index (χ3n) is 4.61. The highest BCUT2D eigenvalue weighted by Gasteiger charge is 2.18. The predicted molar refractivity (Wildman–Crippen MR) is 117 cm³/mol. The first kappa shape index (κ1) is 19.0. The number of hydrogen-bond donors (Lipinski definition) is 0. The van der Waals surface area contributed by atoms with E-state index < -0.39 is 0 Å². The van der Waals surface area contributed by atoms with Gasteiger partial charge >= 0.3 is 0 Å². The highest BCUT2D eigenvalue weighted by molar-refractivity contribution is 6.30. The molecule has 0 N–H and O–H groups in total. The number of anilines is 1. The topological polar surface area (TPSA) is 30.9 Å². The highest BCUT2D eigenvalue weighted by atomic mass is 35.5. The first-order valence-corrected chi connectivity index (χ1v) is 9.48. The van der Waals surface area contributed by atoms with Gasteiger partial charge in [0.15, 0.2) is 11.5 Å². The summed E-state index contributed by atoms with van der Waals surface area (Å²) in [5.41, 5.74) is 2.88.